The summed E-state index contributed by atoms with van der Waals surface area (Å²) in [5, 5.41) is 17.2. The smallest absolute Gasteiger partial charge is 0.294 e. The molecule has 2 aromatic heterocycles. The predicted molar refractivity (Wildman–Crippen MR) is 48.3 cm³/mol. The largest absolute Gasteiger partial charge is 0.368 e. The minimum absolute atomic E-state index is 0.0118. The molecule has 0 aliphatic heterocycles. The van der Waals surface area contributed by atoms with Crippen molar-refractivity contribution in [2.45, 2.75) is 0 Å². The van der Waals surface area contributed by atoms with Crippen molar-refractivity contribution in [3.63, 3.8) is 0 Å². The number of hydrogen-bond donors (Lipinski definition) is 2. The third kappa shape index (κ3) is 1.09. The van der Waals surface area contributed by atoms with Crippen molar-refractivity contribution >= 4 is 17.1 Å². The topological polar surface area (TPSA) is 137 Å². The number of nitrogen functional groups attached to an aromatic ring is 1. The first kappa shape index (κ1) is 8.72. The molecule has 0 radical (unpaired) electrons. The van der Waals surface area contributed by atoms with E-state index in [1.165, 1.54) is 0 Å². The first-order valence-corrected chi connectivity index (χ1v) is 3.76. The van der Waals surface area contributed by atoms with Crippen LogP contribution in [0.25, 0.3) is 11.2 Å². The maximum Gasteiger partial charge on any atom is 0.294 e. The van der Waals surface area contributed by atoms with Crippen LogP contribution in [-0.2, 0) is 0 Å². The van der Waals surface area contributed by atoms with E-state index in [0.29, 0.717) is 4.57 Å². The molecule has 0 bridgehead atoms. The predicted octanol–water partition coefficient (Wildman–Crippen LogP) is -1.10. The highest BCUT2D eigenvalue weighted by molar-refractivity contribution is 5.71. The van der Waals surface area contributed by atoms with Gasteiger partial charge in [-0.05, 0) is 0 Å². The number of nitrogens with one attached hydrogen (secondary N) is 1. The minimum Gasteiger partial charge on any atom is -0.368 e. The van der Waals surface area contributed by atoms with E-state index in [4.69, 9.17) is 16.3 Å². The SMILES string of the molecule is N#Cc1nc2nc(N)n(C#N)c(=O)c2[nH]1. The van der Waals surface area contributed by atoms with Gasteiger partial charge in [0.05, 0.1) is 0 Å². The Bertz CT molecular complexity index is 680. The monoisotopic (exact) mass is 201 g/mol. The summed E-state index contributed by atoms with van der Waals surface area (Å²) in [6.45, 7) is 0. The molecule has 0 aliphatic carbocycles. The average molecular weight is 201 g/mol. The van der Waals surface area contributed by atoms with E-state index in [-0.39, 0.29) is 22.9 Å². The molecule has 8 heteroatoms. The van der Waals surface area contributed by atoms with Crippen LogP contribution in [0.3, 0.4) is 0 Å². The lowest BCUT2D eigenvalue weighted by Gasteiger charge is -1.96. The van der Waals surface area contributed by atoms with E-state index in [0.717, 1.165) is 0 Å². The summed E-state index contributed by atoms with van der Waals surface area (Å²) in [5.41, 5.74) is 4.69. The molecule has 0 atom stereocenters. The quantitative estimate of drug-likeness (QED) is 0.555. The molecule has 0 amide bonds. The standard InChI is InChI=1S/C7H3N7O/c8-1-3-11-4-5(12-3)13-7(10)14(2-9)6(4)15/h(H2,10,13)(H,11,12). The number of aromatic nitrogens is 4. The van der Waals surface area contributed by atoms with E-state index < -0.39 is 5.56 Å². The molecule has 8 nitrogen and oxygen atoms in total. The van der Waals surface area contributed by atoms with Crippen molar-refractivity contribution in [2.75, 3.05) is 5.73 Å². The molecular weight excluding hydrogens is 198 g/mol. The molecule has 2 aromatic rings. The van der Waals surface area contributed by atoms with Crippen molar-refractivity contribution in [2.24, 2.45) is 0 Å². The lowest BCUT2D eigenvalue weighted by Crippen LogP contribution is -2.21. The van der Waals surface area contributed by atoms with Crippen LogP contribution in [0.5, 0.6) is 0 Å². The Hall–Kier alpha value is -2.87. The molecule has 0 spiro atoms. The van der Waals surface area contributed by atoms with Crippen LogP contribution >= 0.6 is 0 Å². The number of hydrogen-bond acceptors (Lipinski definition) is 6. The van der Waals surface area contributed by atoms with Crippen LogP contribution < -0.4 is 11.3 Å². The van der Waals surface area contributed by atoms with Crippen LogP contribution in [0, 0.1) is 22.8 Å². The molecule has 15 heavy (non-hydrogen) atoms. The molecule has 0 saturated heterocycles. The summed E-state index contributed by atoms with van der Waals surface area (Å²) in [6.07, 6.45) is 1.57. The van der Waals surface area contributed by atoms with E-state index in [1.807, 2.05) is 0 Å². The van der Waals surface area contributed by atoms with Crippen LogP contribution in [0.15, 0.2) is 4.79 Å². The summed E-state index contributed by atoms with van der Waals surface area (Å²) in [7, 11) is 0. The summed E-state index contributed by atoms with van der Waals surface area (Å²) in [5.74, 6) is -0.310. The second-order valence-corrected chi connectivity index (χ2v) is 2.61. The van der Waals surface area contributed by atoms with Crippen LogP contribution in [0.1, 0.15) is 5.82 Å². The Balaban J connectivity index is 2.98. The fraction of sp³-hybridized carbons (Fsp3) is 0. The minimum atomic E-state index is -0.672. The number of nitriles is 2. The van der Waals surface area contributed by atoms with E-state index in [1.54, 1.807) is 12.3 Å². The van der Waals surface area contributed by atoms with Gasteiger partial charge in [-0.1, -0.05) is 0 Å². The van der Waals surface area contributed by atoms with Gasteiger partial charge >= 0.3 is 0 Å². The Labute approximate surface area is 82.2 Å². The van der Waals surface area contributed by atoms with Gasteiger partial charge in [0.15, 0.2) is 17.4 Å². The summed E-state index contributed by atoms with van der Waals surface area (Å²) in [6, 6.07) is 1.72. The first-order chi connectivity index (χ1) is 7.17. The molecule has 72 valence electrons. The zero-order valence-electron chi connectivity index (χ0n) is 7.22. The van der Waals surface area contributed by atoms with Gasteiger partial charge in [-0.25, -0.2) is 0 Å². The van der Waals surface area contributed by atoms with Crippen LogP contribution in [-0.4, -0.2) is 19.5 Å². The van der Waals surface area contributed by atoms with Gasteiger partial charge in [0, 0.05) is 0 Å². The molecule has 0 fully saturated rings. The Morgan fingerprint density at radius 1 is 1.40 bits per heavy atom. The van der Waals surface area contributed by atoms with Gasteiger partial charge in [0.2, 0.25) is 11.8 Å². The number of rotatable bonds is 0. The third-order valence-corrected chi connectivity index (χ3v) is 1.76. The number of H-pyrrole nitrogens is 1. The summed E-state index contributed by atoms with van der Waals surface area (Å²) >= 11 is 0. The first-order valence-electron chi connectivity index (χ1n) is 3.76. The zero-order valence-corrected chi connectivity index (χ0v) is 7.22. The Morgan fingerprint density at radius 2 is 2.13 bits per heavy atom. The fourth-order valence-corrected chi connectivity index (χ4v) is 1.12. The lowest BCUT2D eigenvalue weighted by atomic mass is 10.5. The third-order valence-electron chi connectivity index (χ3n) is 1.76. The molecule has 0 aromatic carbocycles. The molecule has 0 unspecified atom stereocenters. The number of nitrogens with zero attached hydrogens (tertiary/aromatic N) is 5. The Kier molecular flexibility index (Phi) is 1.64. The number of aromatic amines is 1. The number of fused-ring (bicyclic) bond motifs is 1. The highest BCUT2D eigenvalue weighted by Gasteiger charge is 2.12. The van der Waals surface area contributed by atoms with E-state index >= 15 is 0 Å². The molecule has 0 aliphatic rings. The number of imidazole rings is 1. The van der Waals surface area contributed by atoms with Crippen LogP contribution in [0.2, 0.25) is 0 Å². The summed E-state index contributed by atoms with van der Waals surface area (Å²) < 4.78 is 0.613. The molecule has 0 saturated carbocycles. The van der Waals surface area contributed by atoms with Crippen molar-refractivity contribution < 1.29 is 0 Å². The van der Waals surface area contributed by atoms with Crippen molar-refractivity contribution in [1.29, 1.82) is 10.5 Å². The maximum atomic E-state index is 11.5. The number of anilines is 1. The van der Waals surface area contributed by atoms with Crippen molar-refractivity contribution in [3.8, 4) is 12.3 Å². The summed E-state index contributed by atoms with van der Waals surface area (Å²) in [4.78, 5) is 21.4. The van der Waals surface area contributed by atoms with Gasteiger partial charge in [-0.2, -0.15) is 25.1 Å². The maximum absolute atomic E-state index is 11.5. The molecule has 2 rings (SSSR count). The molecule has 3 N–H and O–H groups in total. The second-order valence-electron chi connectivity index (χ2n) is 2.61. The van der Waals surface area contributed by atoms with E-state index in [2.05, 4.69) is 15.0 Å². The number of nitrogens with two attached hydrogens (primary N) is 1. The normalized spacial score (nSPS) is 9.73. The van der Waals surface area contributed by atoms with E-state index in [9.17, 15) is 4.79 Å². The highest BCUT2D eigenvalue weighted by Crippen LogP contribution is 2.05. The van der Waals surface area contributed by atoms with Gasteiger partial charge in [0.1, 0.15) is 6.07 Å². The van der Waals surface area contributed by atoms with Gasteiger partial charge in [-0.15, -0.1) is 0 Å². The van der Waals surface area contributed by atoms with Crippen LogP contribution in [0.4, 0.5) is 5.95 Å². The lowest BCUT2D eigenvalue weighted by molar-refractivity contribution is 0.993. The second kappa shape index (κ2) is 2.82. The Morgan fingerprint density at radius 3 is 2.73 bits per heavy atom. The average Bonchev–Trinajstić information content (AvgIpc) is 2.61. The zero-order chi connectivity index (χ0) is 11.0. The highest BCUT2D eigenvalue weighted by atomic mass is 16.1. The van der Waals surface area contributed by atoms with Crippen molar-refractivity contribution in [1.82, 2.24) is 19.5 Å². The van der Waals surface area contributed by atoms with Gasteiger partial charge in [-0.3, -0.25) is 4.79 Å². The molecular formula is C7H3N7O. The molecule has 2 heterocycles. The van der Waals surface area contributed by atoms with Gasteiger partial charge in [0.25, 0.3) is 5.56 Å². The fourth-order valence-electron chi connectivity index (χ4n) is 1.12. The van der Waals surface area contributed by atoms with Crippen molar-refractivity contribution in [3.05, 3.63) is 16.2 Å². The van der Waals surface area contributed by atoms with Gasteiger partial charge < -0.3 is 10.7 Å².